The average molecular weight is 306 g/mol. The lowest BCUT2D eigenvalue weighted by Gasteiger charge is -2.09. The minimum absolute atomic E-state index is 0.160. The molecule has 0 fully saturated rings. The van der Waals surface area contributed by atoms with E-state index in [0.717, 1.165) is 38.7 Å². The molecular formula is C19H18N2O2. The van der Waals surface area contributed by atoms with Gasteiger partial charge in [-0.05, 0) is 38.0 Å². The summed E-state index contributed by atoms with van der Waals surface area (Å²) in [4.78, 5) is 15.0. The van der Waals surface area contributed by atoms with Crippen LogP contribution in [0.25, 0.3) is 27.4 Å². The third-order valence-corrected chi connectivity index (χ3v) is 3.94. The second-order valence-electron chi connectivity index (χ2n) is 5.53. The number of pyridine rings is 1. The molecule has 4 nitrogen and oxygen atoms in total. The molecule has 116 valence electrons. The molecule has 0 atom stereocenters. The molecule has 0 saturated carbocycles. The van der Waals surface area contributed by atoms with Crippen LogP contribution in [0.4, 0.5) is 0 Å². The van der Waals surface area contributed by atoms with Crippen LogP contribution in [-0.4, -0.2) is 10.1 Å². The molecule has 0 aliphatic heterocycles. The Morgan fingerprint density at radius 3 is 2.78 bits per heavy atom. The molecule has 23 heavy (non-hydrogen) atoms. The first-order chi connectivity index (χ1) is 11.0. The van der Waals surface area contributed by atoms with E-state index < -0.39 is 0 Å². The Labute approximate surface area is 133 Å². The van der Waals surface area contributed by atoms with Gasteiger partial charge >= 0.3 is 0 Å². The Bertz CT molecular complexity index is 1030. The smallest absolute Gasteiger partial charge is 0.249 e. The van der Waals surface area contributed by atoms with Gasteiger partial charge in [0.25, 0.3) is 0 Å². The summed E-state index contributed by atoms with van der Waals surface area (Å²) in [6.45, 7) is 9.87. The first-order valence-electron chi connectivity index (χ1n) is 7.44. The average Bonchev–Trinajstić information content (AvgIpc) is 2.89. The Morgan fingerprint density at radius 2 is 2.04 bits per heavy atom. The SMILES string of the molecule is C=C(/C=C\C=C/C)c1cc(=O)[nH]c2c(C)c3onc(C)c3cc12. The molecule has 3 rings (SSSR count). The Hall–Kier alpha value is -2.88. The standard InChI is InChI=1S/C19H18N2O2/c1-5-6-7-8-11(2)14-10-17(22)20-18-12(3)19-15(9-16(14)18)13(4)21-23-19/h5-10H,2H2,1,3-4H3,(H,20,22)/b6-5-,8-7-. The van der Waals surface area contributed by atoms with Crippen LogP contribution in [0.2, 0.25) is 0 Å². The van der Waals surface area contributed by atoms with Crippen molar-refractivity contribution in [2.45, 2.75) is 20.8 Å². The van der Waals surface area contributed by atoms with Crippen LogP contribution < -0.4 is 5.56 Å². The Balaban J connectivity index is 2.35. The summed E-state index contributed by atoms with van der Waals surface area (Å²) in [5, 5.41) is 5.92. The number of aromatic amines is 1. The number of hydrogen-bond acceptors (Lipinski definition) is 3. The van der Waals surface area contributed by atoms with E-state index >= 15 is 0 Å². The summed E-state index contributed by atoms with van der Waals surface area (Å²) in [5.74, 6) is 0. The summed E-state index contributed by atoms with van der Waals surface area (Å²) in [5.41, 5.74) is 4.61. The molecule has 0 amide bonds. The van der Waals surface area contributed by atoms with Crippen LogP contribution in [0.5, 0.6) is 0 Å². The van der Waals surface area contributed by atoms with Crippen molar-refractivity contribution in [3.05, 3.63) is 70.2 Å². The van der Waals surface area contributed by atoms with Gasteiger partial charge in [-0.3, -0.25) is 4.79 Å². The zero-order valence-electron chi connectivity index (χ0n) is 13.4. The fraction of sp³-hybridized carbons (Fsp3) is 0.158. The number of benzene rings is 1. The van der Waals surface area contributed by atoms with Crippen LogP contribution in [-0.2, 0) is 0 Å². The lowest BCUT2D eigenvalue weighted by molar-refractivity contribution is 0.449. The van der Waals surface area contributed by atoms with E-state index in [1.807, 2.05) is 51.1 Å². The highest BCUT2D eigenvalue weighted by atomic mass is 16.5. The monoisotopic (exact) mass is 306 g/mol. The zero-order chi connectivity index (χ0) is 16.6. The highest BCUT2D eigenvalue weighted by Crippen LogP contribution is 2.31. The van der Waals surface area contributed by atoms with Gasteiger partial charge in [0.05, 0.1) is 11.2 Å². The van der Waals surface area contributed by atoms with Crippen LogP contribution >= 0.6 is 0 Å². The van der Waals surface area contributed by atoms with Gasteiger partial charge in [0.15, 0.2) is 5.58 Å². The molecule has 0 spiro atoms. The van der Waals surface area contributed by atoms with Gasteiger partial charge in [0, 0.05) is 22.4 Å². The molecule has 0 aliphatic carbocycles. The Morgan fingerprint density at radius 1 is 1.26 bits per heavy atom. The van der Waals surface area contributed by atoms with Crippen LogP contribution in [0.1, 0.15) is 23.7 Å². The first-order valence-corrected chi connectivity index (χ1v) is 7.44. The van der Waals surface area contributed by atoms with Gasteiger partial charge in [-0.1, -0.05) is 36.0 Å². The van der Waals surface area contributed by atoms with Gasteiger partial charge < -0.3 is 9.51 Å². The topological polar surface area (TPSA) is 58.9 Å². The van der Waals surface area contributed by atoms with Gasteiger partial charge in [0.2, 0.25) is 5.56 Å². The van der Waals surface area contributed by atoms with Gasteiger partial charge in [-0.15, -0.1) is 0 Å². The fourth-order valence-corrected chi connectivity index (χ4v) is 2.73. The van der Waals surface area contributed by atoms with Gasteiger partial charge in [-0.25, -0.2) is 0 Å². The van der Waals surface area contributed by atoms with Crippen LogP contribution in [0.15, 0.2) is 52.3 Å². The quantitative estimate of drug-likeness (QED) is 0.728. The molecule has 0 radical (unpaired) electrons. The van der Waals surface area contributed by atoms with E-state index in [1.165, 1.54) is 0 Å². The molecule has 3 aromatic rings. The predicted octanol–water partition coefficient (Wildman–Crippen LogP) is 4.43. The van der Waals surface area contributed by atoms with Crippen LogP contribution in [0, 0.1) is 13.8 Å². The fourth-order valence-electron chi connectivity index (χ4n) is 2.73. The van der Waals surface area contributed by atoms with Crippen molar-refractivity contribution in [3.63, 3.8) is 0 Å². The second-order valence-corrected chi connectivity index (χ2v) is 5.53. The normalized spacial score (nSPS) is 12.1. The maximum atomic E-state index is 12.1. The molecule has 0 bridgehead atoms. The number of nitrogens with zero attached hydrogens (tertiary/aromatic N) is 1. The highest BCUT2D eigenvalue weighted by molar-refractivity contribution is 6.03. The maximum absolute atomic E-state index is 12.1. The number of fused-ring (bicyclic) bond motifs is 2. The van der Waals surface area contributed by atoms with E-state index in [0.29, 0.717) is 5.58 Å². The summed E-state index contributed by atoms with van der Waals surface area (Å²) >= 11 is 0. The third-order valence-electron chi connectivity index (χ3n) is 3.94. The van der Waals surface area contributed by atoms with E-state index in [9.17, 15) is 4.79 Å². The number of aromatic nitrogens is 2. The summed E-state index contributed by atoms with van der Waals surface area (Å²) in [7, 11) is 0. The number of rotatable bonds is 3. The number of aryl methyl sites for hydroxylation is 2. The van der Waals surface area contributed by atoms with Crippen molar-refractivity contribution in [3.8, 4) is 0 Å². The van der Waals surface area contributed by atoms with Crippen LogP contribution in [0.3, 0.4) is 0 Å². The van der Waals surface area contributed by atoms with Gasteiger partial charge in [0.1, 0.15) is 0 Å². The van der Waals surface area contributed by atoms with Crippen molar-refractivity contribution in [2.24, 2.45) is 0 Å². The molecule has 1 aromatic carbocycles. The molecular weight excluding hydrogens is 288 g/mol. The van der Waals surface area contributed by atoms with Crippen molar-refractivity contribution in [1.82, 2.24) is 10.1 Å². The van der Waals surface area contributed by atoms with E-state index in [2.05, 4.69) is 16.7 Å². The lowest BCUT2D eigenvalue weighted by atomic mass is 9.98. The molecule has 2 aromatic heterocycles. The summed E-state index contributed by atoms with van der Waals surface area (Å²) in [6, 6.07) is 3.59. The Kier molecular flexibility index (Phi) is 3.74. The zero-order valence-corrected chi connectivity index (χ0v) is 13.4. The molecule has 2 heterocycles. The van der Waals surface area contributed by atoms with Crippen molar-refractivity contribution in [2.75, 3.05) is 0 Å². The summed E-state index contributed by atoms with van der Waals surface area (Å²) in [6.07, 6.45) is 7.67. The number of H-pyrrole nitrogens is 1. The first kappa shape index (κ1) is 15.0. The maximum Gasteiger partial charge on any atom is 0.249 e. The van der Waals surface area contributed by atoms with E-state index in [1.54, 1.807) is 6.07 Å². The summed E-state index contributed by atoms with van der Waals surface area (Å²) < 4.78 is 5.39. The highest BCUT2D eigenvalue weighted by Gasteiger charge is 2.14. The largest absolute Gasteiger partial charge is 0.356 e. The molecule has 0 saturated heterocycles. The van der Waals surface area contributed by atoms with Crippen molar-refractivity contribution in [1.29, 1.82) is 0 Å². The number of hydrogen-bond donors (Lipinski definition) is 1. The number of allylic oxidation sites excluding steroid dienone is 5. The van der Waals surface area contributed by atoms with Crippen molar-refractivity contribution < 1.29 is 4.52 Å². The third kappa shape index (κ3) is 2.52. The van der Waals surface area contributed by atoms with E-state index in [-0.39, 0.29) is 5.56 Å². The second kappa shape index (κ2) is 5.72. The van der Waals surface area contributed by atoms with Gasteiger partial charge in [-0.2, -0.15) is 0 Å². The predicted molar refractivity (Wildman–Crippen MR) is 94.6 cm³/mol. The molecule has 0 unspecified atom stereocenters. The minimum atomic E-state index is -0.160. The van der Waals surface area contributed by atoms with Crippen molar-refractivity contribution >= 4 is 27.4 Å². The molecule has 0 aliphatic rings. The lowest BCUT2D eigenvalue weighted by Crippen LogP contribution is -2.07. The molecule has 4 heteroatoms. The minimum Gasteiger partial charge on any atom is -0.356 e. The molecule has 1 N–H and O–H groups in total. The van der Waals surface area contributed by atoms with E-state index in [4.69, 9.17) is 4.52 Å². The number of nitrogens with one attached hydrogen (secondary N) is 1.